The zero-order chi connectivity index (χ0) is 12.6. The minimum Gasteiger partial charge on any atom is -0.311 e. The molecule has 2 unspecified atom stereocenters. The van der Waals surface area contributed by atoms with Crippen molar-refractivity contribution in [3.8, 4) is 0 Å². The van der Waals surface area contributed by atoms with E-state index in [1.165, 1.54) is 0 Å². The van der Waals surface area contributed by atoms with Gasteiger partial charge in [0.2, 0.25) is 0 Å². The van der Waals surface area contributed by atoms with Gasteiger partial charge in [0.25, 0.3) is 0 Å². The lowest BCUT2D eigenvalue weighted by Gasteiger charge is -2.14. The van der Waals surface area contributed by atoms with Gasteiger partial charge in [-0.25, -0.2) is 0 Å². The van der Waals surface area contributed by atoms with Gasteiger partial charge in [0, 0.05) is 0 Å². The summed E-state index contributed by atoms with van der Waals surface area (Å²) in [6.45, 7) is 3.21. The van der Waals surface area contributed by atoms with Gasteiger partial charge in [0.1, 0.15) is 11.6 Å². The Morgan fingerprint density at radius 1 is 0.875 bits per heavy atom. The van der Waals surface area contributed by atoms with Gasteiger partial charge < -0.3 is 10.6 Å². The third kappa shape index (κ3) is 5.98. The minimum absolute atomic E-state index is 0.0367. The van der Waals surface area contributed by atoms with Gasteiger partial charge in [0.15, 0.2) is 0 Å². The molecule has 4 heteroatoms. The van der Waals surface area contributed by atoms with Gasteiger partial charge in [-0.3, -0.25) is 9.59 Å². The standard InChI is InChI=1S/C12H24N2O2/c1-9(15)11(13-3)7-5-6-8-12(14-4)10(2)16/h11-14H,5-8H2,1-4H3. The van der Waals surface area contributed by atoms with E-state index in [1.54, 1.807) is 27.9 Å². The highest BCUT2D eigenvalue weighted by molar-refractivity contribution is 5.81. The zero-order valence-electron chi connectivity index (χ0n) is 10.8. The number of carbonyl (C=O) groups is 2. The Bertz CT molecular complexity index is 205. The number of rotatable bonds is 9. The maximum absolute atomic E-state index is 11.1. The molecule has 2 N–H and O–H groups in total. The molecular weight excluding hydrogens is 204 g/mol. The Morgan fingerprint density at radius 2 is 1.19 bits per heavy atom. The summed E-state index contributed by atoms with van der Waals surface area (Å²) in [6.07, 6.45) is 3.63. The summed E-state index contributed by atoms with van der Waals surface area (Å²) >= 11 is 0. The molecule has 2 atom stereocenters. The summed E-state index contributed by atoms with van der Waals surface area (Å²) in [7, 11) is 3.61. The van der Waals surface area contributed by atoms with Crippen LogP contribution in [0.25, 0.3) is 0 Å². The van der Waals surface area contributed by atoms with Crippen LogP contribution >= 0.6 is 0 Å². The Balaban J connectivity index is 3.73. The van der Waals surface area contributed by atoms with Crippen LogP contribution < -0.4 is 10.6 Å². The second kappa shape index (κ2) is 8.42. The molecule has 4 nitrogen and oxygen atoms in total. The van der Waals surface area contributed by atoms with Crippen molar-refractivity contribution in [3.63, 3.8) is 0 Å². The molecule has 94 valence electrons. The summed E-state index contributed by atoms with van der Waals surface area (Å²) in [6, 6.07) is -0.0734. The first-order chi connectivity index (χ1) is 7.52. The molecule has 0 saturated heterocycles. The molecule has 0 heterocycles. The molecule has 0 aliphatic rings. The average molecular weight is 228 g/mol. The fourth-order valence-electron chi connectivity index (χ4n) is 1.80. The van der Waals surface area contributed by atoms with E-state index in [9.17, 15) is 9.59 Å². The predicted octanol–water partition coefficient (Wildman–Crippen LogP) is 0.901. The van der Waals surface area contributed by atoms with Crippen LogP contribution in [0, 0.1) is 0 Å². The van der Waals surface area contributed by atoms with Crippen LogP contribution in [-0.2, 0) is 9.59 Å². The van der Waals surface area contributed by atoms with Crippen molar-refractivity contribution >= 4 is 11.6 Å². The normalized spacial score (nSPS) is 14.5. The molecule has 0 aromatic heterocycles. The van der Waals surface area contributed by atoms with Crippen molar-refractivity contribution in [2.24, 2.45) is 0 Å². The second-order valence-corrected chi connectivity index (χ2v) is 4.19. The van der Waals surface area contributed by atoms with E-state index < -0.39 is 0 Å². The summed E-state index contributed by atoms with van der Waals surface area (Å²) < 4.78 is 0. The molecule has 0 bridgehead atoms. The lowest BCUT2D eigenvalue weighted by Crippen LogP contribution is -2.33. The quantitative estimate of drug-likeness (QED) is 0.576. The van der Waals surface area contributed by atoms with E-state index in [4.69, 9.17) is 0 Å². The molecule has 0 spiro atoms. The number of Topliss-reactive ketones (excluding diaryl/α,β-unsaturated/α-hetero) is 2. The maximum atomic E-state index is 11.1. The van der Waals surface area contributed by atoms with Crippen LogP contribution in [0.5, 0.6) is 0 Å². The van der Waals surface area contributed by atoms with Gasteiger partial charge in [-0.15, -0.1) is 0 Å². The van der Waals surface area contributed by atoms with Crippen molar-refractivity contribution < 1.29 is 9.59 Å². The molecule has 0 saturated carbocycles. The van der Waals surface area contributed by atoms with Gasteiger partial charge in [0.05, 0.1) is 12.1 Å². The third-order valence-corrected chi connectivity index (χ3v) is 2.91. The summed E-state index contributed by atoms with van der Waals surface area (Å²) in [5, 5.41) is 5.99. The number of ketones is 2. The first kappa shape index (κ1) is 15.3. The molecule has 16 heavy (non-hydrogen) atoms. The van der Waals surface area contributed by atoms with Crippen LogP contribution in [0.4, 0.5) is 0 Å². The summed E-state index contributed by atoms with van der Waals surface area (Å²) in [4.78, 5) is 22.3. The number of unbranched alkanes of at least 4 members (excludes halogenated alkanes) is 1. The maximum Gasteiger partial charge on any atom is 0.146 e. The highest BCUT2D eigenvalue weighted by atomic mass is 16.1. The molecule has 0 aliphatic heterocycles. The van der Waals surface area contributed by atoms with E-state index in [0.29, 0.717) is 0 Å². The van der Waals surface area contributed by atoms with Crippen molar-refractivity contribution in [2.45, 2.75) is 51.6 Å². The number of likely N-dealkylation sites (N-methyl/N-ethyl adjacent to an activating group) is 2. The fourth-order valence-corrected chi connectivity index (χ4v) is 1.80. The number of hydrogen-bond acceptors (Lipinski definition) is 4. The first-order valence-corrected chi connectivity index (χ1v) is 5.88. The zero-order valence-corrected chi connectivity index (χ0v) is 10.8. The smallest absolute Gasteiger partial charge is 0.146 e. The molecule has 0 aromatic rings. The van der Waals surface area contributed by atoms with E-state index in [2.05, 4.69) is 10.6 Å². The van der Waals surface area contributed by atoms with Crippen LogP contribution in [0.2, 0.25) is 0 Å². The van der Waals surface area contributed by atoms with Gasteiger partial charge >= 0.3 is 0 Å². The van der Waals surface area contributed by atoms with E-state index >= 15 is 0 Å². The second-order valence-electron chi connectivity index (χ2n) is 4.19. The monoisotopic (exact) mass is 228 g/mol. The van der Waals surface area contributed by atoms with Crippen LogP contribution in [0.3, 0.4) is 0 Å². The van der Waals surface area contributed by atoms with Crippen LogP contribution in [-0.4, -0.2) is 37.7 Å². The third-order valence-electron chi connectivity index (χ3n) is 2.91. The highest BCUT2D eigenvalue weighted by Gasteiger charge is 2.13. The minimum atomic E-state index is -0.0367. The fraction of sp³-hybridized carbons (Fsp3) is 0.833. The molecule has 0 radical (unpaired) electrons. The molecule has 0 fully saturated rings. The lowest BCUT2D eigenvalue weighted by molar-refractivity contribution is -0.120. The topological polar surface area (TPSA) is 58.2 Å². The van der Waals surface area contributed by atoms with E-state index in [0.717, 1.165) is 25.7 Å². The number of hydrogen-bond donors (Lipinski definition) is 2. The van der Waals surface area contributed by atoms with Gasteiger partial charge in [-0.1, -0.05) is 12.8 Å². The van der Waals surface area contributed by atoms with Crippen LogP contribution in [0.15, 0.2) is 0 Å². The Kier molecular flexibility index (Phi) is 8.03. The number of nitrogens with one attached hydrogen (secondary N) is 2. The Morgan fingerprint density at radius 3 is 1.38 bits per heavy atom. The predicted molar refractivity (Wildman–Crippen MR) is 65.5 cm³/mol. The van der Waals surface area contributed by atoms with Crippen LogP contribution in [0.1, 0.15) is 39.5 Å². The molecule has 0 aliphatic carbocycles. The van der Waals surface area contributed by atoms with Gasteiger partial charge in [-0.2, -0.15) is 0 Å². The SMILES string of the molecule is CNC(CCCCC(NC)C(C)=O)C(C)=O. The van der Waals surface area contributed by atoms with Gasteiger partial charge in [-0.05, 0) is 40.8 Å². The molecule has 0 aromatic carbocycles. The van der Waals surface area contributed by atoms with Crippen molar-refractivity contribution in [1.29, 1.82) is 0 Å². The first-order valence-electron chi connectivity index (χ1n) is 5.88. The lowest BCUT2D eigenvalue weighted by atomic mass is 10.0. The Labute approximate surface area is 98.2 Å². The largest absolute Gasteiger partial charge is 0.311 e. The van der Waals surface area contributed by atoms with E-state index in [-0.39, 0.29) is 23.7 Å². The van der Waals surface area contributed by atoms with Crippen molar-refractivity contribution in [2.75, 3.05) is 14.1 Å². The molecule has 0 amide bonds. The Hall–Kier alpha value is -0.740. The molecule has 0 rings (SSSR count). The van der Waals surface area contributed by atoms with E-state index in [1.807, 2.05) is 0 Å². The summed E-state index contributed by atoms with van der Waals surface area (Å²) in [5.41, 5.74) is 0. The number of carbonyl (C=O) groups excluding carboxylic acids is 2. The highest BCUT2D eigenvalue weighted by Crippen LogP contribution is 2.07. The average Bonchev–Trinajstić information content (AvgIpc) is 2.22. The van der Waals surface area contributed by atoms with Crippen molar-refractivity contribution in [3.05, 3.63) is 0 Å². The molecular formula is C12H24N2O2. The summed E-state index contributed by atoms with van der Waals surface area (Å²) in [5.74, 6) is 0.360. The van der Waals surface area contributed by atoms with Crippen molar-refractivity contribution in [1.82, 2.24) is 10.6 Å².